The van der Waals surface area contributed by atoms with Crippen LogP contribution in [0.1, 0.15) is 11.7 Å². The Balaban J connectivity index is 1.48. The van der Waals surface area contributed by atoms with Crippen molar-refractivity contribution in [3.8, 4) is 11.5 Å². The van der Waals surface area contributed by atoms with Crippen LogP contribution in [0, 0.1) is 5.82 Å². The van der Waals surface area contributed by atoms with Crippen molar-refractivity contribution in [2.75, 3.05) is 24.6 Å². The summed E-state index contributed by atoms with van der Waals surface area (Å²) < 4.78 is 21.2. The van der Waals surface area contributed by atoms with Gasteiger partial charge < -0.3 is 9.64 Å². The molecule has 4 aromatic heterocycles. The van der Waals surface area contributed by atoms with E-state index in [1.807, 2.05) is 12.3 Å². The van der Waals surface area contributed by atoms with Gasteiger partial charge >= 0.3 is 0 Å². The first-order chi connectivity index (χ1) is 13.7. The van der Waals surface area contributed by atoms with Gasteiger partial charge in [0.2, 0.25) is 0 Å². The van der Waals surface area contributed by atoms with Crippen LogP contribution in [0.4, 0.5) is 10.2 Å². The van der Waals surface area contributed by atoms with E-state index in [1.54, 1.807) is 23.0 Å². The number of imidazole rings is 1. The lowest BCUT2D eigenvalue weighted by atomic mass is 10.1. The highest BCUT2D eigenvalue weighted by Gasteiger charge is 2.24. The summed E-state index contributed by atoms with van der Waals surface area (Å²) in [5.41, 5.74) is 2.08. The van der Waals surface area contributed by atoms with Gasteiger partial charge in [0, 0.05) is 43.3 Å². The molecule has 1 atom stereocenters. The molecule has 0 aromatic carbocycles. The summed E-state index contributed by atoms with van der Waals surface area (Å²) in [4.78, 5) is 15.4. The molecule has 1 fully saturated rings. The molecule has 0 saturated carbocycles. The standard InChI is InChI=1S/C18H15ClFN7O/c19-12-9-27-14(8-22-17(27)5-13(12)20)18-21-2-1-16(25-18)26-3-4-28-15(10-26)11-6-23-24-7-11/h1-2,5-9,15H,3-4,10H2,(H,23,24). The van der Waals surface area contributed by atoms with Crippen LogP contribution in [-0.4, -0.2) is 49.2 Å². The second kappa shape index (κ2) is 6.84. The molecule has 0 aliphatic carbocycles. The van der Waals surface area contributed by atoms with Gasteiger partial charge in [-0.3, -0.25) is 9.50 Å². The summed E-state index contributed by atoms with van der Waals surface area (Å²) >= 11 is 5.93. The molecular weight excluding hydrogens is 385 g/mol. The van der Waals surface area contributed by atoms with E-state index in [1.165, 1.54) is 12.3 Å². The molecule has 10 heteroatoms. The number of hydrogen-bond donors (Lipinski definition) is 1. The second-order valence-corrected chi connectivity index (χ2v) is 6.82. The average molecular weight is 400 g/mol. The van der Waals surface area contributed by atoms with Crippen LogP contribution < -0.4 is 4.90 Å². The maximum Gasteiger partial charge on any atom is 0.180 e. The Bertz CT molecular complexity index is 1130. The van der Waals surface area contributed by atoms with E-state index in [0.29, 0.717) is 30.3 Å². The number of ether oxygens (including phenoxy) is 1. The third-order valence-electron chi connectivity index (χ3n) is 4.70. The zero-order valence-electron chi connectivity index (χ0n) is 14.6. The molecular formula is C18H15ClFN7O. The predicted molar refractivity (Wildman–Crippen MR) is 101 cm³/mol. The van der Waals surface area contributed by atoms with E-state index in [2.05, 4.69) is 25.1 Å². The molecule has 4 aromatic rings. The number of pyridine rings is 1. The van der Waals surface area contributed by atoms with Crippen molar-refractivity contribution >= 4 is 23.1 Å². The predicted octanol–water partition coefficient (Wildman–Crippen LogP) is 2.88. The highest BCUT2D eigenvalue weighted by Crippen LogP contribution is 2.27. The van der Waals surface area contributed by atoms with Crippen LogP contribution in [0.15, 0.2) is 43.1 Å². The molecule has 1 N–H and O–H groups in total. The van der Waals surface area contributed by atoms with Crippen LogP contribution in [0.5, 0.6) is 0 Å². The highest BCUT2D eigenvalue weighted by atomic mass is 35.5. The number of nitrogens with one attached hydrogen (secondary N) is 1. The maximum absolute atomic E-state index is 13.7. The molecule has 142 valence electrons. The van der Waals surface area contributed by atoms with Gasteiger partial charge in [0.1, 0.15) is 29.1 Å². The lowest BCUT2D eigenvalue weighted by molar-refractivity contribution is 0.0395. The van der Waals surface area contributed by atoms with Crippen LogP contribution >= 0.6 is 11.6 Å². The van der Waals surface area contributed by atoms with E-state index in [4.69, 9.17) is 21.3 Å². The van der Waals surface area contributed by atoms with Gasteiger partial charge in [0.05, 0.1) is 24.0 Å². The minimum atomic E-state index is -0.514. The summed E-state index contributed by atoms with van der Waals surface area (Å²) in [6.45, 7) is 1.95. The maximum atomic E-state index is 13.7. The summed E-state index contributed by atoms with van der Waals surface area (Å²) in [6, 6.07) is 3.14. The SMILES string of the molecule is Fc1cc2ncc(-c3nccc(N4CCOC(c5cn[nH]c5)C4)n3)n2cc1Cl. The third kappa shape index (κ3) is 2.98. The molecule has 1 saturated heterocycles. The largest absolute Gasteiger partial charge is 0.370 e. The van der Waals surface area contributed by atoms with E-state index < -0.39 is 5.82 Å². The Morgan fingerprint density at radius 1 is 1.29 bits per heavy atom. The quantitative estimate of drug-likeness (QED) is 0.570. The van der Waals surface area contributed by atoms with Gasteiger partial charge in [-0.15, -0.1) is 0 Å². The molecule has 0 bridgehead atoms. The molecule has 0 spiro atoms. The fraction of sp³-hybridized carbons (Fsp3) is 0.222. The van der Waals surface area contributed by atoms with Crippen molar-refractivity contribution in [2.45, 2.75) is 6.10 Å². The molecule has 1 aliphatic heterocycles. The number of anilines is 1. The fourth-order valence-electron chi connectivity index (χ4n) is 3.29. The summed E-state index contributed by atoms with van der Waals surface area (Å²) in [6.07, 6.45) is 8.31. The van der Waals surface area contributed by atoms with Crippen LogP contribution in [0.25, 0.3) is 17.2 Å². The molecule has 5 heterocycles. The van der Waals surface area contributed by atoms with E-state index in [9.17, 15) is 4.39 Å². The lowest BCUT2D eigenvalue weighted by Gasteiger charge is -2.33. The zero-order chi connectivity index (χ0) is 19.1. The number of aromatic nitrogens is 6. The first-order valence-corrected chi connectivity index (χ1v) is 9.07. The highest BCUT2D eigenvalue weighted by molar-refractivity contribution is 6.30. The Labute approximate surface area is 164 Å². The summed E-state index contributed by atoms with van der Waals surface area (Å²) in [7, 11) is 0. The summed E-state index contributed by atoms with van der Waals surface area (Å²) in [5.74, 6) is 0.753. The molecule has 28 heavy (non-hydrogen) atoms. The van der Waals surface area contributed by atoms with Gasteiger partial charge in [0.25, 0.3) is 0 Å². The number of nitrogens with zero attached hydrogens (tertiary/aromatic N) is 6. The van der Waals surface area contributed by atoms with Crippen molar-refractivity contribution in [3.05, 3.63) is 59.5 Å². The minimum absolute atomic E-state index is 0.0130. The lowest BCUT2D eigenvalue weighted by Crippen LogP contribution is -2.38. The van der Waals surface area contributed by atoms with Crippen molar-refractivity contribution in [3.63, 3.8) is 0 Å². The number of halogens is 2. The number of fused-ring (bicyclic) bond motifs is 1. The van der Waals surface area contributed by atoms with Crippen molar-refractivity contribution in [1.82, 2.24) is 29.5 Å². The summed E-state index contributed by atoms with van der Waals surface area (Å²) in [5, 5.41) is 6.82. The third-order valence-corrected chi connectivity index (χ3v) is 4.98. The first kappa shape index (κ1) is 17.1. The Morgan fingerprint density at radius 3 is 3.07 bits per heavy atom. The zero-order valence-corrected chi connectivity index (χ0v) is 15.3. The van der Waals surface area contributed by atoms with E-state index in [0.717, 1.165) is 17.9 Å². The average Bonchev–Trinajstić information content (AvgIpc) is 3.39. The smallest absolute Gasteiger partial charge is 0.180 e. The van der Waals surface area contributed by atoms with Gasteiger partial charge in [-0.25, -0.2) is 19.3 Å². The number of hydrogen-bond acceptors (Lipinski definition) is 6. The minimum Gasteiger partial charge on any atom is -0.370 e. The van der Waals surface area contributed by atoms with Crippen LogP contribution in [-0.2, 0) is 4.74 Å². The van der Waals surface area contributed by atoms with Gasteiger partial charge in [0.15, 0.2) is 5.82 Å². The van der Waals surface area contributed by atoms with Crippen molar-refractivity contribution < 1.29 is 9.13 Å². The second-order valence-electron chi connectivity index (χ2n) is 6.42. The van der Waals surface area contributed by atoms with Gasteiger partial charge in [-0.1, -0.05) is 11.6 Å². The van der Waals surface area contributed by atoms with Crippen LogP contribution in [0.2, 0.25) is 5.02 Å². The fourth-order valence-corrected chi connectivity index (χ4v) is 3.44. The van der Waals surface area contributed by atoms with Gasteiger partial charge in [-0.2, -0.15) is 5.10 Å². The first-order valence-electron chi connectivity index (χ1n) is 8.70. The van der Waals surface area contributed by atoms with Crippen molar-refractivity contribution in [1.29, 1.82) is 0 Å². The van der Waals surface area contributed by atoms with E-state index in [-0.39, 0.29) is 11.1 Å². The number of rotatable bonds is 3. The number of aromatic amines is 1. The monoisotopic (exact) mass is 399 g/mol. The van der Waals surface area contributed by atoms with Crippen molar-refractivity contribution in [2.24, 2.45) is 0 Å². The number of morpholine rings is 1. The molecule has 1 unspecified atom stereocenters. The number of H-pyrrole nitrogens is 1. The molecule has 5 rings (SSSR count). The van der Waals surface area contributed by atoms with Gasteiger partial charge in [-0.05, 0) is 6.07 Å². The Kier molecular flexibility index (Phi) is 4.18. The Hall–Kier alpha value is -3.04. The Morgan fingerprint density at radius 2 is 2.21 bits per heavy atom. The normalized spacial score (nSPS) is 17.4. The molecule has 0 radical (unpaired) electrons. The molecule has 8 nitrogen and oxygen atoms in total. The molecule has 1 aliphatic rings. The molecule has 0 amide bonds. The topological polar surface area (TPSA) is 84.2 Å². The van der Waals surface area contributed by atoms with E-state index >= 15 is 0 Å². The van der Waals surface area contributed by atoms with Crippen LogP contribution in [0.3, 0.4) is 0 Å².